The van der Waals surface area contributed by atoms with E-state index in [1.165, 1.54) is 45.2 Å². The molecule has 3 aliphatic heterocycles. The van der Waals surface area contributed by atoms with E-state index in [2.05, 4.69) is 65.7 Å². The van der Waals surface area contributed by atoms with Crippen molar-refractivity contribution in [3.05, 3.63) is 314 Å². The Labute approximate surface area is 778 Å². The highest BCUT2D eigenvalue weighted by molar-refractivity contribution is 7.99. The van der Waals surface area contributed by atoms with Gasteiger partial charge in [-0.25, -0.2) is 0 Å². The second-order valence-electron chi connectivity index (χ2n) is 32.6. The maximum Gasteiger partial charge on any atom is 0.335 e. The molecule has 3 aromatic heterocycles. The standard InChI is InChI=1S/C39H39N3O4S.C33H35N3O4S.C32H33N3O4S.O2S/c1-27-14-15-29-24-36(42(35(29)22-27)31-12-5-3-6-13-31)38(44)33-25-32(41-19-7-4-8-20-41)16-17-34(33)40-39(45)30-11-9-10-28(23-30)26-47-21-18-37(43)46-2;1-22-9-10-24-19-30(34-29(24)17-22)32(38)27-20-26(36-14-4-3-5-15-36)11-12-28(27)35-33(39)25-8-6-7-23(18-25)21-41-16-13-31(37)40-2;1-21-8-9-23-18-29(33-28(23)16-21)31(38)26-19-25(35-13-3-2-4-14-35)10-11-27(26)34-32(39)24-7-5-6-22(17-24)20-40-15-12-30(36)37;1-3-2/h3,5-6,9-17,22-25H,4,7-8,18-21,26H2,1-2H3,(H,40,45);6-12,17-20,34H,3-5,13-16,21H2,1-2H3,(H,35,39);5-11,16-19,33H,2-4,12-15,20H2,1H3,(H,34,39)(H,36,37);. The number of aliphatic carboxylic acids is 1. The second-order valence-corrected chi connectivity index (χ2v) is 36.1. The van der Waals surface area contributed by atoms with Gasteiger partial charge < -0.3 is 59.8 Å². The zero-order chi connectivity index (χ0) is 92.3. The largest absolute Gasteiger partial charge is 0.481 e. The number of carbonyl (C=O) groups excluding carboxylic acids is 8. The molecule has 0 saturated carbocycles. The van der Waals surface area contributed by atoms with Crippen molar-refractivity contribution in [2.24, 2.45) is 0 Å². The van der Waals surface area contributed by atoms with E-state index >= 15 is 0 Å². The first-order valence-electron chi connectivity index (χ1n) is 44.0. The van der Waals surface area contributed by atoms with Crippen molar-refractivity contribution in [3.8, 4) is 5.69 Å². The van der Waals surface area contributed by atoms with E-state index < -0.39 is 17.5 Å². The lowest BCUT2D eigenvalue weighted by atomic mass is 10.0. The predicted molar refractivity (Wildman–Crippen MR) is 528 cm³/mol. The highest BCUT2D eigenvalue weighted by atomic mass is 32.2. The number of H-pyrrole nitrogens is 2. The van der Waals surface area contributed by atoms with E-state index in [9.17, 15) is 43.2 Å². The van der Waals surface area contributed by atoms with Gasteiger partial charge in [0, 0.05) is 157 Å². The van der Waals surface area contributed by atoms with E-state index in [4.69, 9.17) is 23.0 Å². The summed E-state index contributed by atoms with van der Waals surface area (Å²) in [6.45, 7) is 11.8. The minimum Gasteiger partial charge on any atom is -0.481 e. The number of carboxylic acids is 1. The van der Waals surface area contributed by atoms with E-state index in [1.54, 1.807) is 41.7 Å². The first-order valence-corrected chi connectivity index (χ1v) is 48.1. The number of piperidine rings is 3. The summed E-state index contributed by atoms with van der Waals surface area (Å²) in [6, 6.07) is 73.3. The van der Waals surface area contributed by atoms with E-state index in [0.717, 1.165) is 167 Å². The third-order valence-corrected chi connectivity index (χ3v) is 26.2. The summed E-state index contributed by atoms with van der Waals surface area (Å²) in [5.74, 6) is 1.09. The number of fused-ring (bicyclic) bond motifs is 3. The van der Waals surface area contributed by atoms with Gasteiger partial charge in [-0.1, -0.05) is 91.0 Å². The first kappa shape index (κ1) is 95.5. The number of rotatable bonds is 31. The van der Waals surface area contributed by atoms with Crippen molar-refractivity contribution in [1.82, 2.24) is 14.5 Å². The summed E-state index contributed by atoms with van der Waals surface area (Å²) in [6.07, 6.45) is 11.1. The maximum atomic E-state index is 14.7. The molecule has 10 aromatic carbocycles. The number of carboxylic acid groups (broad SMARTS) is 1. The number of aryl methyl sites for hydroxylation is 3. The van der Waals surface area contributed by atoms with Crippen LogP contribution in [0, 0.1) is 20.8 Å². The van der Waals surface area contributed by atoms with Gasteiger partial charge in [-0.2, -0.15) is 43.7 Å². The van der Waals surface area contributed by atoms with Crippen molar-refractivity contribution in [1.29, 1.82) is 0 Å². The van der Waals surface area contributed by atoms with Crippen molar-refractivity contribution >= 4 is 167 Å². The number of thioether (sulfide) groups is 3. The average Bonchev–Trinajstić information content (AvgIpc) is 1.50. The van der Waals surface area contributed by atoms with Crippen LogP contribution in [0.15, 0.2) is 231 Å². The van der Waals surface area contributed by atoms with Gasteiger partial charge in [-0.05, 0) is 251 Å². The van der Waals surface area contributed by atoms with Crippen molar-refractivity contribution in [3.63, 3.8) is 0 Å². The Kier molecular flexibility index (Phi) is 34.2. The number of aromatic amines is 2. The number of hydrogen-bond acceptors (Lipinski definition) is 19. The van der Waals surface area contributed by atoms with Crippen LogP contribution in [-0.2, 0) is 52.7 Å². The van der Waals surface area contributed by atoms with Gasteiger partial charge in [0.1, 0.15) is 0 Å². The van der Waals surface area contributed by atoms with Gasteiger partial charge in [0.25, 0.3) is 17.7 Å². The number of anilines is 6. The Morgan fingerprint density at radius 1 is 0.366 bits per heavy atom. The van der Waals surface area contributed by atoms with Crippen molar-refractivity contribution < 1.29 is 66.1 Å². The summed E-state index contributed by atoms with van der Waals surface area (Å²) in [5, 5.41) is 20.8. The molecule has 6 N–H and O–H groups in total. The van der Waals surface area contributed by atoms with E-state index in [1.807, 2.05) is 213 Å². The third kappa shape index (κ3) is 26.0. The average molecular weight is 1840 g/mol. The number of esters is 2. The van der Waals surface area contributed by atoms with Crippen LogP contribution in [0.25, 0.3) is 38.4 Å². The minimum atomic E-state index is -0.820. The smallest absolute Gasteiger partial charge is 0.335 e. The summed E-state index contributed by atoms with van der Waals surface area (Å²) in [4.78, 5) is 130. The highest BCUT2D eigenvalue weighted by Gasteiger charge is 2.28. The van der Waals surface area contributed by atoms with Gasteiger partial charge >= 0.3 is 29.5 Å². The summed E-state index contributed by atoms with van der Waals surface area (Å²) in [5.41, 5.74) is 18.6. The molecule has 0 atom stereocenters. The SMILES string of the molecule is COC(=O)CCSCc1cccc(C(=O)Nc2ccc(N3CCCCC3)cc2C(=O)c2cc3ccc(C)cc3[nH]2)c1.COC(=O)CCSCc1cccc(C(=O)Nc2ccc(N3CCCCC3)cc2C(=O)c2cc3ccc(C)cc3n2-c2ccccc2)c1.Cc1ccc2cc(C(=O)c3cc(N4CCCCC4)ccc3NC(=O)c3cccc(CSCCC(=O)O)c3)[nH]c2c1.O=S=O. The van der Waals surface area contributed by atoms with Crippen LogP contribution in [0.1, 0.15) is 190 Å². The van der Waals surface area contributed by atoms with Crippen LogP contribution in [0.4, 0.5) is 34.1 Å². The zero-order valence-corrected chi connectivity index (χ0v) is 77.4. The molecular weight excluding hydrogens is 1730 g/mol. The fraction of sp³-hybridized carbons (Fsp3) is 0.279. The lowest BCUT2D eigenvalue weighted by Gasteiger charge is -2.29. The molecule has 0 unspecified atom stereocenters. The number of nitrogens with zero attached hydrogens (tertiary/aromatic N) is 4. The lowest BCUT2D eigenvalue weighted by Crippen LogP contribution is -2.29. The molecule has 3 fully saturated rings. The number of hydrogen-bond donors (Lipinski definition) is 6. The monoisotopic (exact) mass is 1830 g/mol. The molecule has 23 nitrogen and oxygen atoms in total. The van der Waals surface area contributed by atoms with Gasteiger partial charge in [-0.15, -0.1) is 0 Å². The molecule has 27 heteroatoms. The number of methoxy groups -OCH3 is 2. The van der Waals surface area contributed by atoms with Crippen LogP contribution in [0.3, 0.4) is 0 Å². The van der Waals surface area contributed by atoms with Gasteiger partial charge in [-0.3, -0.25) is 43.2 Å². The fourth-order valence-electron chi connectivity index (χ4n) is 16.3. The molecule has 3 aliphatic rings. The normalized spacial score (nSPS) is 13.0. The number of para-hydroxylation sites is 1. The van der Waals surface area contributed by atoms with Crippen LogP contribution in [-0.4, -0.2) is 152 Å². The molecule has 0 bridgehead atoms. The number of carbonyl (C=O) groups is 9. The van der Waals surface area contributed by atoms with Crippen LogP contribution < -0.4 is 30.7 Å². The Bertz CT molecular complexity index is 6340. The van der Waals surface area contributed by atoms with Gasteiger partial charge in [0.05, 0.1) is 73.1 Å². The zero-order valence-electron chi connectivity index (χ0n) is 74.1. The van der Waals surface area contributed by atoms with Crippen molar-refractivity contribution in [2.75, 3.05) is 101 Å². The number of ketones is 3. The summed E-state index contributed by atoms with van der Waals surface area (Å²) >= 11 is 3.99. The molecule has 131 heavy (non-hydrogen) atoms. The molecule has 3 amide bonds. The molecule has 0 radical (unpaired) electrons. The van der Waals surface area contributed by atoms with Crippen LogP contribution >= 0.6 is 35.3 Å². The Morgan fingerprint density at radius 3 is 1.10 bits per heavy atom. The second kappa shape index (κ2) is 47.0. The number of nitrogens with one attached hydrogen (secondary N) is 5. The molecule has 0 aliphatic carbocycles. The van der Waals surface area contributed by atoms with Crippen LogP contribution in [0.2, 0.25) is 0 Å². The predicted octanol–water partition coefficient (Wildman–Crippen LogP) is 20.9. The Balaban J connectivity index is 0.000000165. The minimum absolute atomic E-state index is 0.102. The van der Waals surface area contributed by atoms with Crippen LogP contribution in [0.5, 0.6) is 0 Å². The molecular formula is C104H107N9O14S4. The Morgan fingerprint density at radius 2 is 0.725 bits per heavy atom. The molecule has 13 aromatic rings. The fourth-order valence-corrected chi connectivity index (χ4v) is 18.9. The van der Waals surface area contributed by atoms with Gasteiger partial charge in [0.2, 0.25) is 17.3 Å². The molecule has 16 rings (SSSR count). The Hall–Kier alpha value is -13.1. The molecule has 3 saturated heterocycles. The maximum absolute atomic E-state index is 14.7. The quantitative estimate of drug-likeness (QED) is 0.0134. The third-order valence-electron chi connectivity index (χ3n) is 23.1. The molecule has 676 valence electrons. The number of benzene rings is 10. The summed E-state index contributed by atoms with van der Waals surface area (Å²) < 4.78 is 28.0. The van der Waals surface area contributed by atoms with E-state index in [-0.39, 0.29) is 53.4 Å². The number of aromatic nitrogens is 3. The lowest BCUT2D eigenvalue weighted by molar-refractivity contribution is -0.141. The van der Waals surface area contributed by atoms with E-state index in [0.29, 0.717) is 115 Å². The number of ether oxygens (including phenoxy) is 2. The van der Waals surface area contributed by atoms with Gasteiger partial charge in [0.15, 0.2) is 0 Å². The highest BCUT2D eigenvalue weighted by Crippen LogP contribution is 2.37. The summed E-state index contributed by atoms with van der Waals surface area (Å²) in [7, 11) is 2.77. The van der Waals surface area contributed by atoms with Crippen molar-refractivity contribution in [2.45, 2.75) is 115 Å². The topological polar surface area (TPSA) is 309 Å². The first-order chi connectivity index (χ1) is 63.6. The molecule has 6 heterocycles. The molecule has 0 spiro atoms. The number of amides is 3.